The van der Waals surface area contributed by atoms with E-state index >= 15 is 0 Å². The molecule has 10 heteroatoms. The van der Waals surface area contributed by atoms with Gasteiger partial charge in [0, 0.05) is 13.0 Å². The van der Waals surface area contributed by atoms with Crippen molar-refractivity contribution in [3.05, 3.63) is 0 Å². The molecular formula is C31H62NO8P. The molecule has 0 radical (unpaired) electrons. The lowest BCUT2D eigenvalue weighted by Crippen LogP contribution is -2.32. The number of nitrogens with two attached hydrogens (primary N) is 1. The molecule has 0 saturated heterocycles. The summed E-state index contributed by atoms with van der Waals surface area (Å²) in [7, 11) is -4.37. The zero-order chi connectivity index (χ0) is 30.6. The van der Waals surface area contributed by atoms with Crippen molar-refractivity contribution in [2.75, 3.05) is 26.4 Å². The normalized spacial score (nSPS) is 13.7. The van der Waals surface area contributed by atoms with E-state index in [2.05, 4.69) is 20.8 Å². The molecule has 0 saturated carbocycles. The summed E-state index contributed by atoms with van der Waals surface area (Å²) in [6.07, 6.45) is 20.3. The molecule has 0 aromatic carbocycles. The van der Waals surface area contributed by atoms with Crippen LogP contribution in [0.25, 0.3) is 0 Å². The van der Waals surface area contributed by atoms with Crippen LogP contribution in [0.3, 0.4) is 0 Å². The average Bonchev–Trinajstić information content (AvgIpc) is 2.95. The Labute approximate surface area is 250 Å². The van der Waals surface area contributed by atoms with E-state index in [1.165, 1.54) is 64.2 Å². The van der Waals surface area contributed by atoms with Crippen LogP contribution < -0.4 is 5.73 Å². The van der Waals surface area contributed by atoms with Crippen LogP contribution in [0.5, 0.6) is 0 Å². The molecule has 0 aromatic heterocycles. The third kappa shape index (κ3) is 25.2. The molecule has 2 atom stereocenters. The monoisotopic (exact) mass is 607 g/mol. The molecule has 0 aromatic rings. The lowest BCUT2D eigenvalue weighted by Gasteiger charge is -2.22. The molecule has 0 spiro atoms. The Morgan fingerprint density at radius 2 is 1.20 bits per heavy atom. The molecule has 0 aliphatic heterocycles. The van der Waals surface area contributed by atoms with Crippen LogP contribution in [0.15, 0.2) is 0 Å². The highest BCUT2D eigenvalue weighted by Crippen LogP contribution is 2.43. The molecular weight excluding hydrogens is 545 g/mol. The van der Waals surface area contributed by atoms with E-state index < -0.39 is 26.5 Å². The molecule has 0 fully saturated rings. The number of phosphoric acid groups is 1. The number of phosphoric ester groups is 1. The summed E-state index contributed by atoms with van der Waals surface area (Å²) in [5.41, 5.74) is 5.32. The van der Waals surface area contributed by atoms with Gasteiger partial charge in [-0.2, -0.15) is 0 Å². The highest BCUT2D eigenvalue weighted by molar-refractivity contribution is 7.47. The van der Waals surface area contributed by atoms with Crippen LogP contribution in [-0.2, 0) is 32.7 Å². The Morgan fingerprint density at radius 3 is 1.68 bits per heavy atom. The van der Waals surface area contributed by atoms with Gasteiger partial charge in [-0.3, -0.25) is 18.6 Å². The van der Waals surface area contributed by atoms with Gasteiger partial charge < -0.3 is 20.1 Å². The first kappa shape index (κ1) is 40.0. The maximum atomic E-state index is 12.9. The van der Waals surface area contributed by atoms with E-state index in [0.717, 1.165) is 44.9 Å². The third-order valence-electron chi connectivity index (χ3n) is 7.14. The van der Waals surface area contributed by atoms with E-state index in [-0.39, 0.29) is 38.1 Å². The Kier molecular flexibility index (Phi) is 27.1. The predicted molar refractivity (Wildman–Crippen MR) is 164 cm³/mol. The molecule has 3 N–H and O–H groups in total. The lowest BCUT2D eigenvalue weighted by atomic mass is 9.96. The maximum absolute atomic E-state index is 12.9. The molecule has 244 valence electrons. The second-order valence-corrected chi connectivity index (χ2v) is 12.6. The fourth-order valence-corrected chi connectivity index (χ4v) is 5.35. The molecule has 0 aliphatic carbocycles. The number of unbranched alkanes of at least 4 members (excludes halogenated alkanes) is 14. The predicted octanol–water partition coefficient (Wildman–Crippen LogP) is 8.01. The van der Waals surface area contributed by atoms with Crippen molar-refractivity contribution in [2.24, 2.45) is 11.7 Å². The van der Waals surface area contributed by atoms with Crippen molar-refractivity contribution in [3.8, 4) is 0 Å². The van der Waals surface area contributed by atoms with Gasteiger partial charge in [0.15, 0.2) is 6.10 Å². The Bertz CT molecular complexity index is 671. The minimum absolute atomic E-state index is 0.0552. The summed E-state index contributed by atoms with van der Waals surface area (Å²) in [6, 6.07) is 0. The van der Waals surface area contributed by atoms with Gasteiger partial charge in [0.25, 0.3) is 0 Å². The number of ether oxygens (including phenoxy) is 2. The first-order valence-corrected chi connectivity index (χ1v) is 18.0. The smallest absolute Gasteiger partial charge is 0.462 e. The summed E-state index contributed by atoms with van der Waals surface area (Å²) in [6.45, 7) is 5.61. The molecule has 0 bridgehead atoms. The molecule has 0 aliphatic rings. The largest absolute Gasteiger partial charge is 0.472 e. The second kappa shape index (κ2) is 27.8. The van der Waals surface area contributed by atoms with Gasteiger partial charge in [0.05, 0.1) is 19.1 Å². The summed E-state index contributed by atoms with van der Waals surface area (Å²) >= 11 is 0. The molecule has 1 unspecified atom stereocenters. The van der Waals surface area contributed by atoms with Crippen LogP contribution in [0.1, 0.15) is 149 Å². The van der Waals surface area contributed by atoms with Crippen molar-refractivity contribution in [3.63, 3.8) is 0 Å². The van der Waals surface area contributed by atoms with Crippen molar-refractivity contribution >= 4 is 19.8 Å². The van der Waals surface area contributed by atoms with Gasteiger partial charge in [-0.05, 0) is 19.3 Å². The van der Waals surface area contributed by atoms with Crippen molar-refractivity contribution < 1.29 is 37.6 Å². The van der Waals surface area contributed by atoms with Crippen LogP contribution >= 0.6 is 7.82 Å². The summed E-state index contributed by atoms with van der Waals surface area (Å²) < 4.78 is 32.8. The minimum Gasteiger partial charge on any atom is -0.462 e. The standard InChI is InChI=1S/C31H62NO8P/c1-4-7-10-11-12-13-14-15-16-17-18-19-20-23-30(33)37-26-29(27-39-41(35,36)38-25-24-32)40-31(34)28(21-8-5-2)22-9-6-3/h28-29H,4-27,32H2,1-3H3,(H,35,36)/t29-/m1/s1. The van der Waals surface area contributed by atoms with E-state index in [0.29, 0.717) is 12.8 Å². The summed E-state index contributed by atoms with van der Waals surface area (Å²) in [5.74, 6) is -1.05. The summed E-state index contributed by atoms with van der Waals surface area (Å²) in [5, 5.41) is 0. The number of rotatable bonds is 30. The summed E-state index contributed by atoms with van der Waals surface area (Å²) in [4.78, 5) is 35.1. The topological polar surface area (TPSA) is 134 Å². The quantitative estimate of drug-likeness (QED) is 0.0473. The Balaban J connectivity index is 4.48. The van der Waals surface area contributed by atoms with Crippen LogP contribution in [-0.4, -0.2) is 49.3 Å². The molecule has 0 heterocycles. The fourth-order valence-electron chi connectivity index (χ4n) is 4.59. The Hall–Kier alpha value is -0.990. The molecule has 0 amide bonds. The van der Waals surface area contributed by atoms with Crippen LogP contribution in [0.4, 0.5) is 0 Å². The zero-order valence-electron chi connectivity index (χ0n) is 26.5. The van der Waals surface area contributed by atoms with Gasteiger partial charge in [0.2, 0.25) is 0 Å². The highest BCUT2D eigenvalue weighted by atomic mass is 31.2. The van der Waals surface area contributed by atoms with E-state index in [1.54, 1.807) is 0 Å². The van der Waals surface area contributed by atoms with Crippen molar-refractivity contribution in [2.45, 2.75) is 155 Å². The van der Waals surface area contributed by atoms with Gasteiger partial charge in [-0.15, -0.1) is 0 Å². The van der Waals surface area contributed by atoms with Gasteiger partial charge in [0.1, 0.15) is 6.61 Å². The highest BCUT2D eigenvalue weighted by Gasteiger charge is 2.28. The maximum Gasteiger partial charge on any atom is 0.472 e. The zero-order valence-corrected chi connectivity index (χ0v) is 27.3. The van der Waals surface area contributed by atoms with E-state index in [4.69, 9.17) is 24.3 Å². The average molecular weight is 608 g/mol. The SMILES string of the molecule is CCCCCCCCCCCCCCCC(=O)OC[C@H](COP(=O)(O)OCCN)OC(=O)C(CCCC)CCCC. The van der Waals surface area contributed by atoms with Gasteiger partial charge in [-0.25, -0.2) is 4.57 Å². The van der Waals surface area contributed by atoms with E-state index in [1.807, 2.05) is 0 Å². The number of carbonyl (C=O) groups excluding carboxylic acids is 2. The van der Waals surface area contributed by atoms with Crippen molar-refractivity contribution in [1.82, 2.24) is 0 Å². The number of hydrogen-bond donors (Lipinski definition) is 2. The van der Waals surface area contributed by atoms with Crippen LogP contribution in [0.2, 0.25) is 0 Å². The van der Waals surface area contributed by atoms with Gasteiger partial charge in [-0.1, -0.05) is 124 Å². The number of carbonyl (C=O) groups is 2. The second-order valence-electron chi connectivity index (χ2n) is 11.1. The first-order chi connectivity index (χ1) is 19.8. The first-order valence-electron chi connectivity index (χ1n) is 16.5. The van der Waals surface area contributed by atoms with E-state index in [9.17, 15) is 19.0 Å². The molecule has 0 rings (SSSR count). The molecule has 9 nitrogen and oxygen atoms in total. The van der Waals surface area contributed by atoms with Crippen molar-refractivity contribution in [1.29, 1.82) is 0 Å². The fraction of sp³-hybridized carbons (Fsp3) is 0.935. The minimum atomic E-state index is -4.37. The Morgan fingerprint density at radius 1 is 0.707 bits per heavy atom. The van der Waals surface area contributed by atoms with Crippen LogP contribution in [0, 0.1) is 5.92 Å². The molecule has 41 heavy (non-hydrogen) atoms. The number of esters is 2. The third-order valence-corrected chi connectivity index (χ3v) is 8.12. The number of hydrogen-bond acceptors (Lipinski definition) is 8. The lowest BCUT2D eigenvalue weighted by molar-refractivity contribution is -0.165. The van der Waals surface area contributed by atoms with Gasteiger partial charge >= 0.3 is 19.8 Å².